The second-order valence-corrected chi connectivity index (χ2v) is 23.2. The van der Waals surface area contributed by atoms with Crippen LogP contribution in [0.1, 0.15) is 284 Å². The van der Waals surface area contributed by atoms with Crippen LogP contribution in [0.4, 0.5) is 0 Å². The maximum Gasteiger partial charge on any atom is 0.472 e. The molecular formula is C62H119NO7P+. The van der Waals surface area contributed by atoms with Crippen LogP contribution in [0.25, 0.3) is 0 Å². The molecule has 0 aliphatic carbocycles. The van der Waals surface area contributed by atoms with Crippen LogP contribution in [0.15, 0.2) is 48.6 Å². The van der Waals surface area contributed by atoms with Gasteiger partial charge in [0.1, 0.15) is 19.3 Å². The van der Waals surface area contributed by atoms with Crippen LogP contribution in [-0.4, -0.2) is 75.6 Å². The van der Waals surface area contributed by atoms with Gasteiger partial charge in [-0.3, -0.25) is 13.8 Å². The number of nitrogens with zero attached hydrogens (tertiary/aromatic N) is 1. The number of phosphoric acid groups is 1. The third kappa shape index (κ3) is 59.2. The van der Waals surface area contributed by atoms with Crippen molar-refractivity contribution in [3.63, 3.8) is 0 Å². The standard InChI is InChI=1S/C62H118NO7P/c1-6-8-10-12-14-16-18-20-22-24-26-28-30-31-32-34-36-38-40-42-44-46-48-50-52-54-57-67-59-61(60-69-71(65,66)68-58-56-63(3,4)5)70-62(64)55-53-51-49-47-45-43-41-39-37-35-33-29-27-25-23-21-19-17-15-13-11-9-7-2/h18-21,24-27,61H,6-17,22-23,28-60H2,1-5H3/p+1/b20-18-,21-19-,26-24-,27-25-. The summed E-state index contributed by atoms with van der Waals surface area (Å²) in [6.45, 7) is 5.65. The van der Waals surface area contributed by atoms with Gasteiger partial charge in [-0.15, -0.1) is 0 Å². The highest BCUT2D eigenvalue weighted by atomic mass is 31.2. The molecule has 2 unspecified atom stereocenters. The molecule has 0 aliphatic rings. The summed E-state index contributed by atoms with van der Waals surface area (Å²) in [4.78, 5) is 23.1. The Balaban J connectivity index is 4.03. The van der Waals surface area contributed by atoms with Crippen molar-refractivity contribution < 1.29 is 37.3 Å². The van der Waals surface area contributed by atoms with Crippen molar-refractivity contribution in [1.29, 1.82) is 0 Å². The van der Waals surface area contributed by atoms with Gasteiger partial charge >= 0.3 is 13.8 Å². The molecule has 418 valence electrons. The molecule has 1 N–H and O–H groups in total. The van der Waals surface area contributed by atoms with Crippen molar-refractivity contribution in [2.45, 2.75) is 290 Å². The number of ether oxygens (including phenoxy) is 2. The smallest absolute Gasteiger partial charge is 0.457 e. The van der Waals surface area contributed by atoms with Crippen molar-refractivity contribution in [1.82, 2.24) is 0 Å². The molecule has 0 aliphatic heterocycles. The average molecular weight is 1020 g/mol. The molecule has 0 aromatic carbocycles. The number of allylic oxidation sites excluding steroid dienone is 8. The average Bonchev–Trinajstić information content (AvgIpc) is 3.33. The van der Waals surface area contributed by atoms with Gasteiger partial charge in [-0.25, -0.2) is 4.57 Å². The van der Waals surface area contributed by atoms with Crippen molar-refractivity contribution in [2.24, 2.45) is 0 Å². The molecule has 0 aromatic heterocycles. The number of phosphoric ester groups is 1. The molecule has 8 nitrogen and oxygen atoms in total. The monoisotopic (exact) mass is 1020 g/mol. The molecule has 71 heavy (non-hydrogen) atoms. The Hall–Kier alpha value is -1.54. The molecule has 0 spiro atoms. The summed E-state index contributed by atoms with van der Waals surface area (Å²) in [5, 5.41) is 0. The van der Waals surface area contributed by atoms with Crippen LogP contribution in [0.3, 0.4) is 0 Å². The summed E-state index contributed by atoms with van der Waals surface area (Å²) in [7, 11) is 1.67. The molecule has 9 heteroatoms. The van der Waals surface area contributed by atoms with E-state index in [1.165, 1.54) is 218 Å². The highest BCUT2D eigenvalue weighted by Gasteiger charge is 2.26. The lowest BCUT2D eigenvalue weighted by molar-refractivity contribution is -0.870. The lowest BCUT2D eigenvalue weighted by Gasteiger charge is -2.24. The summed E-state index contributed by atoms with van der Waals surface area (Å²) in [6.07, 6.45) is 70.4. The lowest BCUT2D eigenvalue weighted by atomic mass is 10.0. The number of unbranched alkanes of at least 4 members (excludes halogenated alkanes) is 35. The van der Waals surface area contributed by atoms with E-state index in [2.05, 4.69) is 62.5 Å². The summed E-state index contributed by atoms with van der Waals surface area (Å²) >= 11 is 0. The highest BCUT2D eigenvalue weighted by molar-refractivity contribution is 7.47. The molecule has 0 fully saturated rings. The van der Waals surface area contributed by atoms with E-state index < -0.39 is 13.9 Å². The summed E-state index contributed by atoms with van der Waals surface area (Å²) in [6, 6.07) is 0. The van der Waals surface area contributed by atoms with E-state index in [-0.39, 0.29) is 25.8 Å². The molecular weight excluding hydrogens is 902 g/mol. The number of hydrogen-bond acceptors (Lipinski definition) is 6. The van der Waals surface area contributed by atoms with Crippen LogP contribution in [0.2, 0.25) is 0 Å². The summed E-state index contributed by atoms with van der Waals surface area (Å²) < 4.78 is 35.3. The topological polar surface area (TPSA) is 91.3 Å². The second-order valence-electron chi connectivity index (χ2n) is 21.7. The van der Waals surface area contributed by atoms with E-state index in [0.717, 1.165) is 44.9 Å². The molecule has 0 rings (SSSR count). The van der Waals surface area contributed by atoms with Crippen LogP contribution in [-0.2, 0) is 27.9 Å². The third-order valence-corrected chi connectivity index (χ3v) is 14.3. The van der Waals surface area contributed by atoms with E-state index in [1.54, 1.807) is 0 Å². The van der Waals surface area contributed by atoms with Crippen LogP contribution >= 0.6 is 7.82 Å². The Morgan fingerprint density at radius 1 is 0.437 bits per heavy atom. The van der Waals surface area contributed by atoms with Crippen LogP contribution < -0.4 is 0 Å². The van der Waals surface area contributed by atoms with Gasteiger partial charge in [-0.05, 0) is 77.0 Å². The maximum atomic E-state index is 12.8. The van der Waals surface area contributed by atoms with Crippen molar-refractivity contribution in [3.8, 4) is 0 Å². The minimum Gasteiger partial charge on any atom is -0.457 e. The molecule has 0 bridgehead atoms. The Kier molecular flexibility index (Phi) is 53.5. The molecule has 0 amide bonds. The second kappa shape index (κ2) is 54.7. The number of esters is 1. The first-order chi connectivity index (χ1) is 34.6. The zero-order valence-electron chi connectivity index (χ0n) is 47.7. The minimum absolute atomic E-state index is 0.0883. The Morgan fingerprint density at radius 3 is 1.14 bits per heavy atom. The number of quaternary nitrogens is 1. The fraction of sp³-hybridized carbons (Fsp3) is 0.855. The Morgan fingerprint density at radius 2 is 0.775 bits per heavy atom. The zero-order chi connectivity index (χ0) is 51.9. The molecule has 0 heterocycles. The fourth-order valence-electron chi connectivity index (χ4n) is 8.68. The van der Waals surface area contributed by atoms with E-state index in [0.29, 0.717) is 24.1 Å². The van der Waals surface area contributed by atoms with Crippen molar-refractivity contribution >= 4 is 13.8 Å². The van der Waals surface area contributed by atoms with Gasteiger partial charge in [0.05, 0.1) is 34.4 Å². The third-order valence-electron chi connectivity index (χ3n) is 13.4. The van der Waals surface area contributed by atoms with Gasteiger partial charge in [0.15, 0.2) is 0 Å². The van der Waals surface area contributed by atoms with E-state index >= 15 is 0 Å². The lowest BCUT2D eigenvalue weighted by Crippen LogP contribution is -2.37. The Labute approximate surface area is 441 Å². The first-order valence-electron chi connectivity index (χ1n) is 30.4. The first kappa shape index (κ1) is 69.5. The summed E-state index contributed by atoms with van der Waals surface area (Å²) in [5.41, 5.74) is 0. The number of likely N-dealkylation sites (N-methyl/N-ethyl adjacent to an activating group) is 1. The zero-order valence-corrected chi connectivity index (χ0v) is 48.6. The molecule has 0 aromatic rings. The van der Waals surface area contributed by atoms with Gasteiger partial charge in [0.25, 0.3) is 0 Å². The predicted molar refractivity (Wildman–Crippen MR) is 307 cm³/mol. The minimum atomic E-state index is -4.29. The van der Waals surface area contributed by atoms with Gasteiger partial charge in [0, 0.05) is 13.0 Å². The van der Waals surface area contributed by atoms with Crippen LogP contribution in [0.5, 0.6) is 0 Å². The number of hydrogen-bond donors (Lipinski definition) is 1. The van der Waals surface area contributed by atoms with Crippen molar-refractivity contribution in [2.75, 3.05) is 54.1 Å². The fourth-order valence-corrected chi connectivity index (χ4v) is 9.42. The van der Waals surface area contributed by atoms with Gasteiger partial charge in [-0.2, -0.15) is 0 Å². The van der Waals surface area contributed by atoms with Gasteiger partial charge in [0.2, 0.25) is 0 Å². The molecule has 0 saturated heterocycles. The van der Waals surface area contributed by atoms with E-state index in [4.69, 9.17) is 18.5 Å². The van der Waals surface area contributed by atoms with Crippen molar-refractivity contribution in [3.05, 3.63) is 48.6 Å². The number of carbonyl (C=O) groups is 1. The van der Waals surface area contributed by atoms with Gasteiger partial charge < -0.3 is 18.9 Å². The first-order valence-corrected chi connectivity index (χ1v) is 31.9. The van der Waals surface area contributed by atoms with Crippen LogP contribution in [0, 0.1) is 0 Å². The number of rotatable bonds is 57. The SMILES string of the molecule is CCCCCCC/C=C\C/C=C\CCCCCCCCCCCCCCCCOCC(COP(=O)(O)OCC[N+](C)(C)C)OC(=O)CCCCCCCCCCCCC/C=C\C/C=C\CCCCCCC. The normalized spacial score (nSPS) is 13.7. The molecule has 0 saturated carbocycles. The maximum absolute atomic E-state index is 12.8. The predicted octanol–water partition coefficient (Wildman–Crippen LogP) is 19.4. The summed E-state index contributed by atoms with van der Waals surface area (Å²) in [5.74, 6) is -0.312. The highest BCUT2D eigenvalue weighted by Crippen LogP contribution is 2.43. The Bertz CT molecular complexity index is 1280. The molecule has 0 radical (unpaired) electrons. The van der Waals surface area contributed by atoms with Gasteiger partial charge in [-0.1, -0.05) is 249 Å². The van der Waals surface area contributed by atoms with E-state index in [1.807, 2.05) is 21.1 Å². The van der Waals surface area contributed by atoms with E-state index in [9.17, 15) is 14.3 Å². The largest absolute Gasteiger partial charge is 0.472 e. The quantitative estimate of drug-likeness (QED) is 0.0213. The molecule has 2 atom stereocenters. The number of carbonyl (C=O) groups excluding carboxylic acids is 1.